The number of rotatable bonds is 2. The third-order valence-electron chi connectivity index (χ3n) is 4.54. The average Bonchev–Trinajstić information content (AvgIpc) is 3.06. The molecule has 112 valence electrons. The monoisotopic (exact) mass is 369 g/mol. The topological polar surface area (TPSA) is 37.4 Å². The molecule has 1 aromatic carbocycles. The standard InChI is InChI=1S/C16H17BrClNO2/c17-13-9-10(18)6-7-11(13)16(21)19-8-2-4-14(19)12-3-1-5-15(12)20/h6-7,9,12,14H,1-5,8H2. The number of nitrogens with zero attached hydrogens (tertiary/aromatic N) is 1. The molecule has 5 heteroatoms. The number of halogens is 2. The third kappa shape index (κ3) is 2.88. The normalized spacial score (nSPS) is 25.6. The summed E-state index contributed by atoms with van der Waals surface area (Å²) in [6.07, 6.45) is 4.48. The van der Waals surface area contributed by atoms with Gasteiger partial charge in [0.1, 0.15) is 5.78 Å². The first-order chi connectivity index (χ1) is 10.1. The predicted octanol–water partition coefficient (Wildman–Crippen LogP) is 4.08. The van der Waals surface area contributed by atoms with Crippen LogP contribution in [-0.2, 0) is 4.79 Å². The van der Waals surface area contributed by atoms with Gasteiger partial charge in [0.15, 0.2) is 0 Å². The van der Waals surface area contributed by atoms with Crippen molar-refractivity contribution < 1.29 is 9.59 Å². The van der Waals surface area contributed by atoms with E-state index < -0.39 is 0 Å². The molecule has 1 saturated heterocycles. The molecule has 0 bridgehead atoms. The molecule has 21 heavy (non-hydrogen) atoms. The summed E-state index contributed by atoms with van der Waals surface area (Å²) >= 11 is 9.34. The summed E-state index contributed by atoms with van der Waals surface area (Å²) in [7, 11) is 0. The number of likely N-dealkylation sites (tertiary alicyclic amines) is 1. The van der Waals surface area contributed by atoms with E-state index in [-0.39, 0.29) is 17.9 Å². The van der Waals surface area contributed by atoms with Crippen molar-refractivity contribution in [3.05, 3.63) is 33.3 Å². The van der Waals surface area contributed by atoms with E-state index in [2.05, 4.69) is 15.9 Å². The lowest BCUT2D eigenvalue weighted by molar-refractivity contribution is -0.121. The minimum Gasteiger partial charge on any atom is -0.335 e. The zero-order valence-electron chi connectivity index (χ0n) is 11.6. The van der Waals surface area contributed by atoms with Crippen molar-refractivity contribution in [3.63, 3.8) is 0 Å². The molecule has 1 aliphatic heterocycles. The molecule has 3 rings (SSSR count). The van der Waals surface area contributed by atoms with Gasteiger partial charge < -0.3 is 4.90 Å². The largest absolute Gasteiger partial charge is 0.335 e. The highest BCUT2D eigenvalue weighted by Crippen LogP contribution is 2.35. The van der Waals surface area contributed by atoms with Gasteiger partial charge >= 0.3 is 0 Å². The molecule has 1 aromatic rings. The number of hydrogen-bond acceptors (Lipinski definition) is 2. The Hall–Kier alpha value is -0.870. The van der Waals surface area contributed by atoms with Gasteiger partial charge in [0.05, 0.1) is 5.56 Å². The van der Waals surface area contributed by atoms with E-state index >= 15 is 0 Å². The van der Waals surface area contributed by atoms with Crippen LogP contribution in [0, 0.1) is 5.92 Å². The highest BCUT2D eigenvalue weighted by atomic mass is 79.9. The maximum Gasteiger partial charge on any atom is 0.255 e. The van der Waals surface area contributed by atoms with Gasteiger partial charge in [-0.15, -0.1) is 0 Å². The maximum absolute atomic E-state index is 12.8. The van der Waals surface area contributed by atoms with Crippen LogP contribution in [0.15, 0.2) is 22.7 Å². The van der Waals surface area contributed by atoms with Gasteiger partial charge in [-0.1, -0.05) is 11.6 Å². The number of benzene rings is 1. The lowest BCUT2D eigenvalue weighted by Crippen LogP contribution is -2.41. The predicted molar refractivity (Wildman–Crippen MR) is 85.6 cm³/mol. The van der Waals surface area contributed by atoms with E-state index in [0.29, 0.717) is 27.3 Å². The Morgan fingerprint density at radius 3 is 2.76 bits per heavy atom. The molecule has 1 heterocycles. The molecule has 1 aliphatic carbocycles. The van der Waals surface area contributed by atoms with Crippen LogP contribution >= 0.6 is 27.5 Å². The first-order valence-electron chi connectivity index (χ1n) is 7.36. The minimum atomic E-state index is 0.000687. The number of hydrogen-bond donors (Lipinski definition) is 0. The molecule has 1 amide bonds. The van der Waals surface area contributed by atoms with Crippen LogP contribution in [0.25, 0.3) is 0 Å². The molecule has 0 aromatic heterocycles. The van der Waals surface area contributed by atoms with E-state index in [0.717, 1.165) is 32.2 Å². The van der Waals surface area contributed by atoms with Crippen molar-refractivity contribution >= 4 is 39.2 Å². The Morgan fingerprint density at radius 1 is 1.29 bits per heavy atom. The van der Waals surface area contributed by atoms with Crippen LogP contribution in [0.5, 0.6) is 0 Å². The number of Topliss-reactive ketones (excluding diaryl/α,β-unsaturated/α-hetero) is 1. The zero-order valence-corrected chi connectivity index (χ0v) is 14.0. The van der Waals surface area contributed by atoms with Crippen molar-refractivity contribution in [2.24, 2.45) is 5.92 Å². The molecule has 2 atom stereocenters. The molecule has 0 radical (unpaired) electrons. The number of carbonyl (C=O) groups excluding carboxylic acids is 2. The fourth-order valence-electron chi connectivity index (χ4n) is 3.53. The van der Waals surface area contributed by atoms with Crippen LogP contribution in [0.4, 0.5) is 0 Å². The summed E-state index contributed by atoms with van der Waals surface area (Å²) < 4.78 is 0.711. The molecule has 0 spiro atoms. The van der Waals surface area contributed by atoms with Crippen LogP contribution in [0.1, 0.15) is 42.5 Å². The van der Waals surface area contributed by atoms with Gasteiger partial charge in [-0.2, -0.15) is 0 Å². The molecule has 2 unspecified atom stereocenters. The first-order valence-corrected chi connectivity index (χ1v) is 8.54. The second-order valence-electron chi connectivity index (χ2n) is 5.80. The molecular weight excluding hydrogens is 354 g/mol. The second-order valence-corrected chi connectivity index (χ2v) is 7.09. The quantitative estimate of drug-likeness (QED) is 0.787. The molecule has 0 N–H and O–H groups in total. The Labute approximate surface area is 137 Å². The number of carbonyl (C=O) groups is 2. The van der Waals surface area contributed by atoms with E-state index in [9.17, 15) is 9.59 Å². The molecular formula is C16H17BrClNO2. The fraction of sp³-hybridized carbons (Fsp3) is 0.500. The Morgan fingerprint density at radius 2 is 2.10 bits per heavy atom. The van der Waals surface area contributed by atoms with Crippen molar-refractivity contribution in [1.82, 2.24) is 4.90 Å². The van der Waals surface area contributed by atoms with E-state index in [4.69, 9.17) is 11.6 Å². The van der Waals surface area contributed by atoms with Crippen molar-refractivity contribution in [1.29, 1.82) is 0 Å². The summed E-state index contributed by atoms with van der Waals surface area (Å²) in [6, 6.07) is 5.29. The van der Waals surface area contributed by atoms with Gasteiger partial charge in [0, 0.05) is 34.4 Å². The Bertz CT molecular complexity index is 590. The molecule has 1 saturated carbocycles. The van der Waals surface area contributed by atoms with Crippen molar-refractivity contribution in [3.8, 4) is 0 Å². The Balaban J connectivity index is 1.84. The lowest BCUT2D eigenvalue weighted by Gasteiger charge is -2.29. The molecule has 2 aliphatic rings. The SMILES string of the molecule is O=C1CCCC1C1CCCN1C(=O)c1ccc(Cl)cc1Br. The summed E-state index contributed by atoms with van der Waals surface area (Å²) in [5.74, 6) is 0.373. The van der Waals surface area contributed by atoms with Gasteiger partial charge in [0.2, 0.25) is 0 Å². The van der Waals surface area contributed by atoms with Gasteiger partial charge in [-0.05, 0) is 59.8 Å². The summed E-state index contributed by atoms with van der Waals surface area (Å²) in [6.45, 7) is 0.738. The summed E-state index contributed by atoms with van der Waals surface area (Å²) in [5, 5.41) is 0.599. The first kappa shape index (κ1) is 15.0. The summed E-state index contributed by atoms with van der Waals surface area (Å²) in [4.78, 5) is 26.7. The fourth-order valence-corrected chi connectivity index (χ4v) is 4.38. The van der Waals surface area contributed by atoms with Crippen molar-refractivity contribution in [2.45, 2.75) is 38.1 Å². The highest BCUT2D eigenvalue weighted by Gasteiger charge is 2.40. The molecule has 2 fully saturated rings. The van der Waals surface area contributed by atoms with E-state index in [1.54, 1.807) is 18.2 Å². The summed E-state index contributed by atoms with van der Waals surface area (Å²) in [5.41, 5.74) is 0.622. The van der Waals surface area contributed by atoms with Crippen LogP contribution in [0.2, 0.25) is 5.02 Å². The zero-order chi connectivity index (χ0) is 15.0. The van der Waals surface area contributed by atoms with Gasteiger partial charge in [0.25, 0.3) is 5.91 Å². The third-order valence-corrected chi connectivity index (χ3v) is 5.43. The molecule has 3 nitrogen and oxygen atoms in total. The van der Waals surface area contributed by atoms with E-state index in [1.165, 1.54) is 0 Å². The van der Waals surface area contributed by atoms with E-state index in [1.807, 2.05) is 4.90 Å². The van der Waals surface area contributed by atoms with Crippen LogP contribution in [0.3, 0.4) is 0 Å². The van der Waals surface area contributed by atoms with Crippen LogP contribution in [-0.4, -0.2) is 29.2 Å². The van der Waals surface area contributed by atoms with Crippen LogP contribution < -0.4 is 0 Å². The number of ketones is 1. The van der Waals surface area contributed by atoms with Gasteiger partial charge in [-0.3, -0.25) is 9.59 Å². The average molecular weight is 371 g/mol. The Kier molecular flexibility index (Phi) is 4.36. The second kappa shape index (κ2) is 6.09. The smallest absolute Gasteiger partial charge is 0.255 e. The lowest BCUT2D eigenvalue weighted by atomic mass is 9.94. The maximum atomic E-state index is 12.8. The minimum absolute atomic E-state index is 0.000687. The highest BCUT2D eigenvalue weighted by molar-refractivity contribution is 9.10. The van der Waals surface area contributed by atoms with Gasteiger partial charge in [-0.25, -0.2) is 0 Å². The van der Waals surface area contributed by atoms with Crippen molar-refractivity contribution in [2.75, 3.05) is 6.54 Å². The number of amides is 1.